The number of rotatable bonds is 8. The van der Waals surface area contributed by atoms with Crippen molar-refractivity contribution in [3.8, 4) is 11.5 Å². The van der Waals surface area contributed by atoms with Gasteiger partial charge in [-0.3, -0.25) is 9.48 Å². The number of benzene rings is 1. The molecule has 0 saturated heterocycles. The number of hydrogen-bond acceptors (Lipinski definition) is 7. The molecule has 0 bridgehead atoms. The number of halogens is 2. The number of hydrogen-bond donors (Lipinski definition) is 2. The highest BCUT2D eigenvalue weighted by atomic mass is 19.1. The van der Waals surface area contributed by atoms with E-state index in [2.05, 4.69) is 25.7 Å². The fourth-order valence-corrected chi connectivity index (χ4v) is 2.58. The molecule has 0 unspecified atom stereocenters. The van der Waals surface area contributed by atoms with Gasteiger partial charge >= 0.3 is 0 Å². The lowest BCUT2D eigenvalue weighted by Gasteiger charge is -2.13. The highest BCUT2D eigenvalue weighted by Gasteiger charge is 2.23. The van der Waals surface area contributed by atoms with Gasteiger partial charge in [0.25, 0.3) is 5.91 Å². The summed E-state index contributed by atoms with van der Waals surface area (Å²) in [5, 5.41) is 9.40. The first-order chi connectivity index (χ1) is 14.5. The summed E-state index contributed by atoms with van der Waals surface area (Å²) in [4.78, 5) is 20.0. The minimum Gasteiger partial charge on any atom is -0.494 e. The SMILES string of the molecule is CCn1cc(Nc2ncc(OCc3c(F)c(OC)cc(C(=O)NC)c3F)cn2)cn1. The van der Waals surface area contributed by atoms with Gasteiger partial charge in [0.05, 0.1) is 42.5 Å². The Bertz CT molecular complexity index is 1040. The van der Waals surface area contributed by atoms with Gasteiger partial charge in [-0.2, -0.15) is 5.10 Å². The van der Waals surface area contributed by atoms with E-state index < -0.39 is 29.7 Å². The Morgan fingerprint density at radius 3 is 2.53 bits per heavy atom. The lowest BCUT2D eigenvalue weighted by Crippen LogP contribution is -2.21. The lowest BCUT2D eigenvalue weighted by molar-refractivity contribution is 0.0958. The van der Waals surface area contributed by atoms with Crippen molar-refractivity contribution in [3.63, 3.8) is 0 Å². The predicted octanol–water partition coefficient (Wildman–Crippen LogP) is 2.66. The van der Waals surface area contributed by atoms with Gasteiger partial charge in [-0.15, -0.1) is 0 Å². The van der Waals surface area contributed by atoms with Crippen LogP contribution >= 0.6 is 0 Å². The molecule has 11 heteroatoms. The average Bonchev–Trinajstić information content (AvgIpc) is 3.22. The van der Waals surface area contributed by atoms with Crippen LogP contribution in [0.4, 0.5) is 20.4 Å². The van der Waals surface area contributed by atoms with Gasteiger partial charge in [0, 0.05) is 19.8 Å². The third kappa shape index (κ3) is 4.45. The summed E-state index contributed by atoms with van der Waals surface area (Å²) in [7, 11) is 2.56. The summed E-state index contributed by atoms with van der Waals surface area (Å²) in [6.45, 7) is 2.21. The molecular formula is C19H20F2N6O3. The third-order valence-electron chi connectivity index (χ3n) is 4.17. The summed E-state index contributed by atoms with van der Waals surface area (Å²) < 4.78 is 41.2. The van der Waals surface area contributed by atoms with Crippen LogP contribution in [0.1, 0.15) is 22.8 Å². The van der Waals surface area contributed by atoms with Crippen LogP contribution in [-0.4, -0.2) is 39.8 Å². The van der Waals surface area contributed by atoms with Gasteiger partial charge in [-0.1, -0.05) is 0 Å². The molecule has 30 heavy (non-hydrogen) atoms. The van der Waals surface area contributed by atoms with Crippen LogP contribution < -0.4 is 20.1 Å². The second-order valence-electron chi connectivity index (χ2n) is 6.05. The standard InChI is InChI=1S/C19H20F2N6O3/c1-4-27-9-11(6-25-27)26-19-23-7-12(8-24-19)30-10-14-16(20)13(18(28)22-2)5-15(29-3)17(14)21/h5-9H,4,10H2,1-3H3,(H,22,28)(H,23,24,26). The topological polar surface area (TPSA) is 103 Å². The molecule has 2 N–H and O–H groups in total. The fourth-order valence-electron chi connectivity index (χ4n) is 2.58. The van der Waals surface area contributed by atoms with Crippen LogP contribution in [0.15, 0.2) is 30.9 Å². The number of ether oxygens (including phenoxy) is 2. The number of methoxy groups -OCH3 is 1. The largest absolute Gasteiger partial charge is 0.494 e. The van der Waals surface area contributed by atoms with Crippen LogP contribution in [0.3, 0.4) is 0 Å². The number of anilines is 2. The third-order valence-corrected chi connectivity index (χ3v) is 4.17. The highest BCUT2D eigenvalue weighted by Crippen LogP contribution is 2.28. The van der Waals surface area contributed by atoms with E-state index in [0.29, 0.717) is 11.6 Å². The van der Waals surface area contributed by atoms with Crippen molar-refractivity contribution in [2.75, 3.05) is 19.5 Å². The molecule has 0 aliphatic rings. The molecule has 0 saturated carbocycles. The van der Waals surface area contributed by atoms with Crippen LogP contribution in [-0.2, 0) is 13.2 Å². The normalized spacial score (nSPS) is 10.6. The van der Waals surface area contributed by atoms with E-state index in [1.54, 1.807) is 17.1 Å². The maximum atomic E-state index is 14.6. The highest BCUT2D eigenvalue weighted by molar-refractivity contribution is 5.95. The zero-order chi connectivity index (χ0) is 21.7. The molecule has 0 aliphatic carbocycles. The number of nitrogens with one attached hydrogen (secondary N) is 2. The van der Waals surface area contributed by atoms with Gasteiger partial charge < -0.3 is 20.1 Å². The lowest BCUT2D eigenvalue weighted by atomic mass is 10.1. The molecule has 0 fully saturated rings. The first kappa shape index (κ1) is 21.0. The quantitative estimate of drug-likeness (QED) is 0.580. The summed E-state index contributed by atoms with van der Waals surface area (Å²) in [6.07, 6.45) is 6.15. The van der Waals surface area contributed by atoms with E-state index >= 15 is 0 Å². The van der Waals surface area contributed by atoms with Crippen LogP contribution in [0.5, 0.6) is 11.5 Å². The number of carbonyl (C=O) groups excluding carboxylic acids is 1. The number of carbonyl (C=O) groups is 1. The summed E-state index contributed by atoms with van der Waals surface area (Å²) in [6, 6.07) is 0.997. The molecule has 0 atom stereocenters. The monoisotopic (exact) mass is 418 g/mol. The molecule has 2 aromatic heterocycles. The Hall–Kier alpha value is -3.76. The molecule has 1 aromatic carbocycles. The second-order valence-corrected chi connectivity index (χ2v) is 6.05. The molecule has 3 aromatic rings. The summed E-state index contributed by atoms with van der Waals surface area (Å²) in [5.41, 5.74) is -0.0762. The molecule has 158 valence electrons. The maximum Gasteiger partial charge on any atom is 0.254 e. The van der Waals surface area contributed by atoms with E-state index in [4.69, 9.17) is 9.47 Å². The number of amides is 1. The van der Waals surface area contributed by atoms with Gasteiger partial charge in [-0.05, 0) is 13.0 Å². The van der Waals surface area contributed by atoms with Crippen molar-refractivity contribution >= 4 is 17.5 Å². The zero-order valence-corrected chi connectivity index (χ0v) is 16.6. The van der Waals surface area contributed by atoms with Crippen molar-refractivity contribution in [2.45, 2.75) is 20.1 Å². The maximum absolute atomic E-state index is 14.6. The molecule has 0 spiro atoms. The first-order valence-electron chi connectivity index (χ1n) is 8.98. The van der Waals surface area contributed by atoms with Gasteiger partial charge in [-0.25, -0.2) is 18.7 Å². The van der Waals surface area contributed by atoms with Crippen LogP contribution in [0.2, 0.25) is 0 Å². The Kier molecular flexibility index (Phi) is 6.40. The molecule has 0 radical (unpaired) electrons. The predicted molar refractivity (Wildman–Crippen MR) is 104 cm³/mol. The Balaban J connectivity index is 1.74. The number of nitrogens with zero attached hydrogens (tertiary/aromatic N) is 4. The molecule has 3 rings (SSSR count). The van der Waals surface area contributed by atoms with Crippen LogP contribution in [0.25, 0.3) is 0 Å². The molecule has 0 aliphatic heterocycles. The van der Waals surface area contributed by atoms with Gasteiger partial charge in [0.2, 0.25) is 5.95 Å². The fraction of sp³-hybridized carbons (Fsp3) is 0.263. The molecule has 1 amide bonds. The van der Waals surface area contributed by atoms with Gasteiger partial charge in [0.1, 0.15) is 12.4 Å². The zero-order valence-electron chi connectivity index (χ0n) is 16.6. The van der Waals surface area contributed by atoms with E-state index in [0.717, 1.165) is 12.6 Å². The van der Waals surface area contributed by atoms with Gasteiger partial charge in [0.15, 0.2) is 17.3 Å². The Morgan fingerprint density at radius 2 is 1.93 bits per heavy atom. The van der Waals surface area contributed by atoms with Crippen molar-refractivity contribution in [1.82, 2.24) is 25.1 Å². The smallest absolute Gasteiger partial charge is 0.254 e. The van der Waals surface area contributed by atoms with Crippen molar-refractivity contribution in [1.29, 1.82) is 0 Å². The van der Waals surface area contributed by atoms with Crippen molar-refractivity contribution in [2.24, 2.45) is 0 Å². The number of aryl methyl sites for hydroxylation is 1. The molecule has 2 heterocycles. The van der Waals surface area contributed by atoms with E-state index in [9.17, 15) is 13.6 Å². The average molecular weight is 418 g/mol. The van der Waals surface area contributed by atoms with E-state index in [1.165, 1.54) is 26.6 Å². The van der Waals surface area contributed by atoms with E-state index in [1.807, 2.05) is 6.92 Å². The Labute approximate surface area is 171 Å². The summed E-state index contributed by atoms with van der Waals surface area (Å²) >= 11 is 0. The van der Waals surface area contributed by atoms with Crippen molar-refractivity contribution in [3.05, 3.63) is 53.6 Å². The second kappa shape index (κ2) is 9.16. The molecular weight excluding hydrogens is 398 g/mol. The minimum absolute atomic E-state index is 0.188. The minimum atomic E-state index is -1.03. The van der Waals surface area contributed by atoms with Crippen LogP contribution in [0, 0.1) is 11.6 Å². The Morgan fingerprint density at radius 1 is 1.20 bits per heavy atom. The first-order valence-corrected chi connectivity index (χ1v) is 8.98. The van der Waals surface area contributed by atoms with E-state index in [-0.39, 0.29) is 17.1 Å². The summed E-state index contributed by atoms with van der Waals surface area (Å²) in [5.74, 6) is -2.46. The van der Waals surface area contributed by atoms with Crippen molar-refractivity contribution < 1.29 is 23.0 Å². The molecule has 9 nitrogen and oxygen atoms in total. The number of aromatic nitrogens is 4.